The molecule has 18 nitrogen and oxygen atoms in total. The maximum Gasteiger partial charge on any atom is 0.243 e. The van der Waals surface area contributed by atoms with Gasteiger partial charge in [-0.05, 0) is 35.6 Å². The van der Waals surface area contributed by atoms with E-state index >= 15 is 0 Å². The van der Waals surface area contributed by atoms with Crippen LogP contribution in [-0.4, -0.2) is 93.1 Å². The van der Waals surface area contributed by atoms with E-state index in [2.05, 4.69) is 46.5 Å². The minimum absolute atomic E-state index is 0.00553. The van der Waals surface area contributed by atoms with E-state index in [1.54, 1.807) is 60.8 Å². The summed E-state index contributed by atoms with van der Waals surface area (Å²) in [7, 11) is 0. The van der Waals surface area contributed by atoms with Gasteiger partial charge in [-0.1, -0.05) is 78.9 Å². The Bertz CT molecular complexity index is 2280. The summed E-state index contributed by atoms with van der Waals surface area (Å²) in [6.45, 7) is 1.42. The Kier molecular flexibility index (Phi) is 16.1. The van der Waals surface area contributed by atoms with E-state index in [9.17, 15) is 28.8 Å². The third-order valence-electron chi connectivity index (χ3n) is 9.84. The average molecular weight is 833 g/mol. The molecule has 5 atom stereocenters. The summed E-state index contributed by atoms with van der Waals surface area (Å²) in [6, 6.07) is 19.5. The van der Waals surface area contributed by atoms with Gasteiger partial charge in [0.05, 0.1) is 6.33 Å². The number of hydrogen-bond acceptors (Lipinski definition) is 8. The smallest absolute Gasteiger partial charge is 0.243 e. The number of carbonyl (C=O) groups excluding carboxylic acids is 6. The highest BCUT2D eigenvalue weighted by atomic mass is 16.2. The lowest BCUT2D eigenvalue weighted by Crippen LogP contribution is -2.60. The molecule has 320 valence electrons. The number of hydrogen-bond donors (Lipinski definition) is 10. The molecule has 2 aromatic heterocycles. The second-order valence-electron chi connectivity index (χ2n) is 14.6. The molecule has 0 aliphatic heterocycles. The van der Waals surface area contributed by atoms with Crippen LogP contribution in [0.1, 0.15) is 42.1 Å². The van der Waals surface area contributed by atoms with Crippen molar-refractivity contribution in [2.24, 2.45) is 22.2 Å². The van der Waals surface area contributed by atoms with Crippen LogP contribution in [0.5, 0.6) is 0 Å². The van der Waals surface area contributed by atoms with Crippen LogP contribution in [0.3, 0.4) is 0 Å². The molecule has 0 aliphatic rings. The standard InChI is InChI=1S/C43H52N12O6/c1-26(56)51-37(22-30-24-47-25-50-30)42(61)55-36(20-28-13-6-3-7-14-28)41(60)54-35(19-27-11-4-2-5-12-27)40(59)52-33(17-10-18-48-43(45)46)39(58)53-34(38(44)57)21-29-23-49-32-16-9-8-15-31(29)32/h2-9,11-16,23-25,33-37,49H,10,17-22H2,1H3,(H2,44,57)(H,47,50)(H,51,56)(H,52,59)(H,53,58)(H,54,60)(H,55,61)(H4,45,46,48)/t33-,34-,35+,36+,37-/m0/s1. The zero-order valence-electron chi connectivity index (χ0n) is 33.7. The molecule has 0 fully saturated rings. The predicted molar refractivity (Wildman–Crippen MR) is 229 cm³/mol. The van der Waals surface area contributed by atoms with E-state index in [1.165, 1.54) is 19.4 Å². The minimum atomic E-state index is -1.26. The molecule has 6 amide bonds. The van der Waals surface area contributed by atoms with E-state index in [-0.39, 0.29) is 51.0 Å². The van der Waals surface area contributed by atoms with Crippen LogP contribution in [-0.2, 0) is 54.5 Å². The van der Waals surface area contributed by atoms with Crippen LogP contribution in [0.2, 0.25) is 0 Å². The lowest BCUT2D eigenvalue weighted by molar-refractivity contribution is -0.135. The van der Waals surface area contributed by atoms with Gasteiger partial charge in [0, 0.05) is 68.1 Å². The van der Waals surface area contributed by atoms with Crippen LogP contribution in [0.15, 0.2) is 109 Å². The fourth-order valence-corrected chi connectivity index (χ4v) is 6.79. The molecule has 0 bridgehead atoms. The molecule has 18 heteroatoms. The summed E-state index contributed by atoms with van der Waals surface area (Å²) in [6.07, 6.45) is 5.20. The van der Waals surface area contributed by atoms with Gasteiger partial charge in [-0.3, -0.25) is 33.8 Å². The van der Waals surface area contributed by atoms with Crippen molar-refractivity contribution < 1.29 is 28.8 Å². The summed E-state index contributed by atoms with van der Waals surface area (Å²) < 4.78 is 0. The van der Waals surface area contributed by atoms with Crippen LogP contribution in [0, 0.1) is 0 Å². The molecule has 5 rings (SSSR count). The number of carbonyl (C=O) groups is 6. The topological polar surface area (TPSA) is 297 Å². The summed E-state index contributed by atoms with van der Waals surface area (Å²) in [4.78, 5) is 95.4. The number of guanidine groups is 1. The van der Waals surface area contributed by atoms with Crippen LogP contribution in [0.25, 0.3) is 10.9 Å². The van der Waals surface area contributed by atoms with Gasteiger partial charge >= 0.3 is 0 Å². The summed E-state index contributed by atoms with van der Waals surface area (Å²) >= 11 is 0. The number of fused-ring (bicyclic) bond motifs is 1. The van der Waals surface area contributed by atoms with Gasteiger partial charge in [0.1, 0.15) is 30.2 Å². The number of rotatable bonds is 22. The Morgan fingerprint density at radius 3 is 1.69 bits per heavy atom. The number of benzene rings is 3. The second-order valence-corrected chi connectivity index (χ2v) is 14.6. The van der Waals surface area contributed by atoms with E-state index < -0.39 is 65.7 Å². The van der Waals surface area contributed by atoms with Gasteiger partial charge in [0.15, 0.2) is 5.96 Å². The highest BCUT2D eigenvalue weighted by molar-refractivity contribution is 5.97. The minimum Gasteiger partial charge on any atom is -0.370 e. The summed E-state index contributed by atoms with van der Waals surface area (Å²) in [5.74, 6) is -4.13. The van der Waals surface area contributed by atoms with Crippen molar-refractivity contribution in [1.82, 2.24) is 41.5 Å². The van der Waals surface area contributed by atoms with Gasteiger partial charge in [-0.2, -0.15) is 0 Å². The average Bonchev–Trinajstić information content (AvgIpc) is 3.91. The number of para-hydroxylation sites is 1. The van der Waals surface area contributed by atoms with Crippen molar-refractivity contribution in [3.05, 3.63) is 126 Å². The molecule has 0 aliphatic carbocycles. The van der Waals surface area contributed by atoms with Crippen LogP contribution in [0.4, 0.5) is 0 Å². The summed E-state index contributed by atoms with van der Waals surface area (Å²) in [5, 5.41) is 14.6. The number of nitrogens with two attached hydrogens (primary N) is 3. The normalized spacial score (nSPS) is 13.4. The number of aromatic nitrogens is 3. The number of aliphatic imine (C=N–C) groups is 1. The number of nitrogens with zero attached hydrogens (tertiary/aromatic N) is 2. The number of nitrogens with one attached hydrogen (secondary N) is 7. The van der Waals surface area contributed by atoms with Crippen molar-refractivity contribution in [2.75, 3.05) is 6.54 Å². The second kappa shape index (κ2) is 22.0. The first-order chi connectivity index (χ1) is 29.4. The van der Waals surface area contributed by atoms with E-state index in [0.717, 1.165) is 16.5 Å². The quantitative estimate of drug-likeness (QED) is 0.0258. The number of H-pyrrole nitrogens is 2. The number of primary amides is 1. The molecule has 0 saturated carbocycles. The van der Waals surface area contributed by atoms with E-state index in [1.807, 2.05) is 30.3 Å². The van der Waals surface area contributed by atoms with Gasteiger partial charge in [0.25, 0.3) is 0 Å². The zero-order valence-corrected chi connectivity index (χ0v) is 33.7. The molecular formula is C43H52N12O6. The number of amides is 6. The van der Waals surface area contributed by atoms with Gasteiger partial charge in [0.2, 0.25) is 35.4 Å². The lowest BCUT2D eigenvalue weighted by Gasteiger charge is -2.27. The fourth-order valence-electron chi connectivity index (χ4n) is 6.79. The monoisotopic (exact) mass is 832 g/mol. The van der Waals surface area contributed by atoms with Crippen molar-refractivity contribution in [2.45, 2.75) is 75.7 Å². The largest absolute Gasteiger partial charge is 0.370 e. The third-order valence-corrected chi connectivity index (χ3v) is 9.84. The zero-order chi connectivity index (χ0) is 43.7. The Labute approximate surface area is 352 Å². The summed E-state index contributed by atoms with van der Waals surface area (Å²) in [5.41, 5.74) is 20.4. The third kappa shape index (κ3) is 13.8. The molecule has 0 radical (unpaired) electrons. The maximum atomic E-state index is 14.4. The predicted octanol–water partition coefficient (Wildman–Crippen LogP) is 0.144. The molecular weight excluding hydrogens is 781 g/mol. The molecule has 3 aromatic carbocycles. The molecule has 2 heterocycles. The molecule has 0 unspecified atom stereocenters. The van der Waals surface area contributed by atoms with Crippen molar-refractivity contribution in [3.8, 4) is 0 Å². The Balaban J connectivity index is 1.39. The molecule has 5 aromatic rings. The van der Waals surface area contributed by atoms with Crippen molar-refractivity contribution in [3.63, 3.8) is 0 Å². The first-order valence-electron chi connectivity index (χ1n) is 19.8. The van der Waals surface area contributed by atoms with E-state index in [0.29, 0.717) is 16.8 Å². The van der Waals surface area contributed by atoms with E-state index in [4.69, 9.17) is 17.2 Å². The maximum absolute atomic E-state index is 14.4. The van der Waals surface area contributed by atoms with Crippen LogP contribution >= 0.6 is 0 Å². The lowest BCUT2D eigenvalue weighted by atomic mass is 10.0. The first kappa shape index (κ1) is 44.6. The van der Waals surface area contributed by atoms with Crippen molar-refractivity contribution in [1.29, 1.82) is 0 Å². The first-order valence-corrected chi connectivity index (χ1v) is 19.8. The number of imidazole rings is 1. The Hall–Kier alpha value is -7.50. The molecule has 13 N–H and O–H groups in total. The Morgan fingerprint density at radius 2 is 1.15 bits per heavy atom. The van der Waals surface area contributed by atoms with Gasteiger partial charge < -0.3 is 53.8 Å². The van der Waals surface area contributed by atoms with Crippen molar-refractivity contribution >= 4 is 52.3 Å². The highest BCUT2D eigenvalue weighted by Gasteiger charge is 2.33. The fraction of sp³-hybridized carbons (Fsp3) is 0.302. The Morgan fingerprint density at radius 1 is 0.623 bits per heavy atom. The highest BCUT2D eigenvalue weighted by Crippen LogP contribution is 2.19. The number of aromatic amines is 2. The SMILES string of the molecule is CC(=O)N[C@@H](Cc1cnc[nH]1)C(=O)N[C@H](Cc1ccccc1)C(=O)N[C@H](Cc1ccccc1)C(=O)N[C@@H](CCCN=C(N)N)C(=O)N[C@@H](Cc1c[nH]c2ccccc12)C(N)=O. The molecule has 0 spiro atoms. The molecule has 61 heavy (non-hydrogen) atoms. The van der Waals surface area contributed by atoms with Gasteiger partial charge in [-0.25, -0.2) is 4.98 Å². The molecule has 0 saturated heterocycles. The van der Waals surface area contributed by atoms with Crippen LogP contribution < -0.4 is 43.8 Å². The van der Waals surface area contributed by atoms with Gasteiger partial charge in [-0.15, -0.1) is 0 Å².